The van der Waals surface area contributed by atoms with Gasteiger partial charge in [-0.05, 0) is 30.5 Å². The zero-order chi connectivity index (χ0) is 14.1. The molecule has 6 heteroatoms. The molecule has 1 N–H and O–H groups in total. The molecule has 2 rings (SSSR count). The zero-order valence-electron chi connectivity index (χ0n) is 9.92. The van der Waals surface area contributed by atoms with E-state index in [1.165, 1.54) is 12.1 Å². The van der Waals surface area contributed by atoms with Crippen LogP contribution in [-0.2, 0) is 17.5 Å². The molecule has 0 aliphatic heterocycles. The van der Waals surface area contributed by atoms with Crippen LogP contribution in [0.1, 0.15) is 24.0 Å². The summed E-state index contributed by atoms with van der Waals surface area (Å²) in [4.78, 5) is 11.6. The van der Waals surface area contributed by atoms with Gasteiger partial charge in [-0.25, -0.2) is 0 Å². The van der Waals surface area contributed by atoms with Gasteiger partial charge in [0.15, 0.2) is 0 Å². The highest BCUT2D eigenvalue weighted by Gasteiger charge is 2.50. The van der Waals surface area contributed by atoms with E-state index in [-0.39, 0.29) is 12.5 Å². The summed E-state index contributed by atoms with van der Waals surface area (Å²) in [5.74, 6) is -0.352. The molecule has 0 radical (unpaired) electrons. The topological polar surface area (TPSA) is 52.9 Å². The van der Waals surface area contributed by atoms with Gasteiger partial charge in [0.25, 0.3) is 0 Å². The van der Waals surface area contributed by atoms with Crippen LogP contribution in [0.4, 0.5) is 13.2 Å². The second-order valence-electron chi connectivity index (χ2n) is 4.57. The van der Waals surface area contributed by atoms with E-state index in [9.17, 15) is 18.0 Å². The molecule has 0 bridgehead atoms. The van der Waals surface area contributed by atoms with E-state index >= 15 is 0 Å². The average Bonchev–Trinajstić information content (AvgIpc) is 3.16. The van der Waals surface area contributed by atoms with E-state index in [0.29, 0.717) is 18.4 Å². The van der Waals surface area contributed by atoms with Gasteiger partial charge < -0.3 is 5.32 Å². The van der Waals surface area contributed by atoms with Crippen LogP contribution < -0.4 is 5.32 Å². The van der Waals surface area contributed by atoms with Crippen LogP contribution in [0, 0.1) is 16.7 Å². The molecule has 0 aromatic heterocycles. The first-order valence-electron chi connectivity index (χ1n) is 5.73. The molecule has 0 atom stereocenters. The quantitative estimate of drug-likeness (QED) is 0.916. The number of amides is 1. The molecule has 100 valence electrons. The highest BCUT2D eigenvalue weighted by atomic mass is 19.4. The van der Waals surface area contributed by atoms with Gasteiger partial charge in [-0.1, -0.05) is 12.1 Å². The van der Waals surface area contributed by atoms with Crippen LogP contribution in [0.15, 0.2) is 24.3 Å². The molecule has 1 aromatic carbocycles. The number of hydrogen-bond acceptors (Lipinski definition) is 2. The summed E-state index contributed by atoms with van der Waals surface area (Å²) >= 11 is 0. The van der Waals surface area contributed by atoms with Gasteiger partial charge in [-0.3, -0.25) is 4.79 Å². The minimum absolute atomic E-state index is 0.125. The predicted octanol–water partition coefficient (Wildman–Crippen LogP) is 2.63. The SMILES string of the molecule is N#CC1(C(=O)NCc2ccc(C(F)(F)F)cc2)CC1. The maximum atomic E-state index is 12.3. The van der Waals surface area contributed by atoms with E-state index in [1.807, 2.05) is 6.07 Å². The van der Waals surface area contributed by atoms with Crippen molar-refractivity contribution in [2.45, 2.75) is 25.6 Å². The number of nitriles is 1. The molecule has 1 amide bonds. The van der Waals surface area contributed by atoms with E-state index in [0.717, 1.165) is 12.1 Å². The molecule has 1 saturated carbocycles. The van der Waals surface area contributed by atoms with Crippen LogP contribution in [0.3, 0.4) is 0 Å². The Morgan fingerprint density at radius 2 is 1.89 bits per heavy atom. The standard InChI is InChI=1S/C13H11F3N2O/c14-13(15,16)10-3-1-9(2-4-10)7-18-11(19)12(8-17)5-6-12/h1-4H,5-7H2,(H,18,19). The molecular weight excluding hydrogens is 257 g/mol. The molecule has 0 spiro atoms. The van der Waals surface area contributed by atoms with E-state index in [4.69, 9.17) is 5.26 Å². The molecule has 0 saturated heterocycles. The van der Waals surface area contributed by atoms with Crippen molar-refractivity contribution in [1.82, 2.24) is 5.32 Å². The highest BCUT2D eigenvalue weighted by molar-refractivity contribution is 5.88. The number of hydrogen-bond donors (Lipinski definition) is 1. The lowest BCUT2D eigenvalue weighted by Gasteiger charge is -2.10. The first-order chi connectivity index (χ1) is 8.87. The Kier molecular flexibility index (Phi) is 3.23. The number of alkyl halides is 3. The Morgan fingerprint density at radius 1 is 1.32 bits per heavy atom. The summed E-state index contributed by atoms with van der Waals surface area (Å²) in [7, 11) is 0. The minimum atomic E-state index is -4.36. The smallest absolute Gasteiger partial charge is 0.351 e. The molecule has 0 unspecified atom stereocenters. The van der Waals surface area contributed by atoms with Gasteiger partial charge >= 0.3 is 6.18 Å². The summed E-state index contributed by atoms with van der Waals surface area (Å²) in [5, 5.41) is 11.4. The minimum Gasteiger partial charge on any atom is -0.351 e. The number of benzene rings is 1. The molecule has 19 heavy (non-hydrogen) atoms. The van der Waals surface area contributed by atoms with Crippen molar-refractivity contribution >= 4 is 5.91 Å². The Labute approximate surface area is 108 Å². The molecule has 1 fully saturated rings. The fraction of sp³-hybridized carbons (Fsp3) is 0.385. The summed E-state index contributed by atoms with van der Waals surface area (Å²) in [6, 6.07) is 6.53. The molecule has 0 heterocycles. The third-order valence-electron chi connectivity index (χ3n) is 3.13. The third-order valence-corrected chi connectivity index (χ3v) is 3.13. The van der Waals surface area contributed by atoms with Gasteiger partial charge in [0, 0.05) is 6.54 Å². The number of carbonyl (C=O) groups excluding carboxylic acids is 1. The van der Waals surface area contributed by atoms with Crippen LogP contribution in [0.2, 0.25) is 0 Å². The predicted molar refractivity (Wildman–Crippen MR) is 60.6 cm³/mol. The third kappa shape index (κ3) is 2.87. The average molecular weight is 268 g/mol. The van der Waals surface area contributed by atoms with Crippen molar-refractivity contribution in [3.05, 3.63) is 35.4 Å². The molecular formula is C13H11F3N2O. The van der Waals surface area contributed by atoms with E-state index in [2.05, 4.69) is 5.32 Å². The van der Waals surface area contributed by atoms with Gasteiger partial charge in [-0.2, -0.15) is 18.4 Å². The van der Waals surface area contributed by atoms with Crippen molar-refractivity contribution in [3.8, 4) is 6.07 Å². The monoisotopic (exact) mass is 268 g/mol. The van der Waals surface area contributed by atoms with Gasteiger partial charge in [0.05, 0.1) is 11.6 Å². The number of nitrogens with zero attached hydrogens (tertiary/aromatic N) is 1. The van der Waals surface area contributed by atoms with Crippen molar-refractivity contribution in [1.29, 1.82) is 5.26 Å². The summed E-state index contributed by atoms with van der Waals surface area (Å²) < 4.78 is 37.0. The molecule has 1 aliphatic carbocycles. The Balaban J connectivity index is 1.94. The first kappa shape index (κ1) is 13.4. The number of halogens is 3. The number of rotatable bonds is 3. The Bertz CT molecular complexity index is 524. The van der Waals surface area contributed by atoms with Crippen molar-refractivity contribution in [3.63, 3.8) is 0 Å². The summed E-state index contributed by atoms with van der Waals surface area (Å²) in [5.41, 5.74) is -1.07. The van der Waals surface area contributed by atoms with Gasteiger partial charge in [0.1, 0.15) is 5.41 Å². The highest BCUT2D eigenvalue weighted by Crippen LogP contribution is 2.45. The lowest BCUT2D eigenvalue weighted by atomic mass is 10.1. The van der Waals surface area contributed by atoms with Crippen molar-refractivity contribution in [2.75, 3.05) is 0 Å². The van der Waals surface area contributed by atoms with Crippen molar-refractivity contribution in [2.24, 2.45) is 5.41 Å². The van der Waals surface area contributed by atoms with E-state index in [1.54, 1.807) is 0 Å². The largest absolute Gasteiger partial charge is 0.416 e. The lowest BCUT2D eigenvalue weighted by Crippen LogP contribution is -2.30. The Hall–Kier alpha value is -2.03. The van der Waals surface area contributed by atoms with Crippen molar-refractivity contribution < 1.29 is 18.0 Å². The number of nitrogens with one attached hydrogen (secondary N) is 1. The van der Waals surface area contributed by atoms with Gasteiger partial charge in [0.2, 0.25) is 5.91 Å². The Morgan fingerprint density at radius 3 is 2.32 bits per heavy atom. The molecule has 3 nitrogen and oxygen atoms in total. The maximum absolute atomic E-state index is 12.3. The zero-order valence-corrected chi connectivity index (χ0v) is 9.92. The summed E-state index contributed by atoms with van der Waals surface area (Å²) in [6.07, 6.45) is -3.27. The fourth-order valence-corrected chi connectivity index (χ4v) is 1.68. The van der Waals surface area contributed by atoms with Crippen LogP contribution >= 0.6 is 0 Å². The normalized spacial score (nSPS) is 16.5. The first-order valence-corrected chi connectivity index (χ1v) is 5.73. The van der Waals surface area contributed by atoms with E-state index < -0.39 is 17.2 Å². The van der Waals surface area contributed by atoms with Gasteiger partial charge in [-0.15, -0.1) is 0 Å². The second kappa shape index (κ2) is 4.57. The summed E-state index contributed by atoms with van der Waals surface area (Å²) in [6.45, 7) is 0.125. The van der Waals surface area contributed by atoms with Crippen LogP contribution in [0.25, 0.3) is 0 Å². The van der Waals surface area contributed by atoms with Crippen LogP contribution in [-0.4, -0.2) is 5.91 Å². The van der Waals surface area contributed by atoms with Crippen LogP contribution in [0.5, 0.6) is 0 Å². The number of carbonyl (C=O) groups is 1. The molecule has 1 aliphatic rings. The molecule has 1 aromatic rings. The lowest BCUT2D eigenvalue weighted by molar-refractivity contribution is -0.137. The maximum Gasteiger partial charge on any atom is 0.416 e. The second-order valence-corrected chi connectivity index (χ2v) is 4.57. The fourth-order valence-electron chi connectivity index (χ4n) is 1.68.